The minimum absolute atomic E-state index is 0.111. The van der Waals surface area contributed by atoms with Crippen LogP contribution in [0.2, 0.25) is 0 Å². The van der Waals surface area contributed by atoms with Crippen molar-refractivity contribution in [1.29, 1.82) is 0 Å². The fourth-order valence-corrected chi connectivity index (χ4v) is 4.26. The lowest BCUT2D eigenvalue weighted by molar-refractivity contribution is 0.102. The smallest absolute Gasteiger partial charge is 0.257 e. The van der Waals surface area contributed by atoms with Crippen molar-refractivity contribution >= 4 is 22.4 Å². The fourth-order valence-electron chi connectivity index (χ4n) is 3.51. The predicted octanol–water partition coefficient (Wildman–Crippen LogP) is 4.02. The number of hydrogen-bond donors (Lipinski definition) is 2. The molecule has 2 N–H and O–H groups in total. The lowest BCUT2D eigenvalue weighted by atomic mass is 10.1. The van der Waals surface area contributed by atoms with Gasteiger partial charge in [0.05, 0.1) is 17.9 Å². The Morgan fingerprint density at radius 1 is 1.33 bits per heavy atom. The van der Waals surface area contributed by atoms with Crippen LogP contribution in [0.3, 0.4) is 0 Å². The van der Waals surface area contributed by atoms with Gasteiger partial charge in [-0.1, -0.05) is 19.1 Å². The van der Waals surface area contributed by atoms with Crippen molar-refractivity contribution in [2.24, 2.45) is 0 Å². The molecule has 0 radical (unpaired) electrons. The monoisotopic (exact) mass is 381 g/mol. The zero-order chi connectivity index (χ0) is 18.6. The van der Waals surface area contributed by atoms with E-state index in [0.717, 1.165) is 38.0 Å². The molecular weight excluding hydrogens is 358 g/mol. The number of nitrogens with one attached hydrogen (secondary N) is 2. The summed E-state index contributed by atoms with van der Waals surface area (Å²) in [7, 11) is 0. The molecule has 6 nitrogen and oxygen atoms in total. The number of likely N-dealkylation sites (tertiary alicyclic amines) is 1. The molecule has 0 saturated carbocycles. The quantitative estimate of drug-likeness (QED) is 0.676. The number of nitrogens with zero attached hydrogens (tertiary/aromatic N) is 3. The van der Waals surface area contributed by atoms with Crippen LogP contribution in [0.25, 0.3) is 0 Å². The number of amides is 1. The molecule has 0 bridgehead atoms. The lowest BCUT2D eigenvalue weighted by Gasteiger charge is -2.22. The topological polar surface area (TPSA) is 73.9 Å². The van der Waals surface area contributed by atoms with E-state index in [-0.39, 0.29) is 5.91 Å². The van der Waals surface area contributed by atoms with Crippen LogP contribution in [0.4, 0.5) is 5.13 Å². The Bertz CT molecular complexity index is 888. The minimum atomic E-state index is -0.111. The molecule has 0 aliphatic carbocycles. The number of thiazole rings is 1. The summed E-state index contributed by atoms with van der Waals surface area (Å²) >= 11 is 1.49. The Morgan fingerprint density at radius 3 is 2.93 bits per heavy atom. The molecule has 1 aliphatic heterocycles. The van der Waals surface area contributed by atoms with Crippen LogP contribution in [0, 0.1) is 0 Å². The van der Waals surface area contributed by atoms with Gasteiger partial charge < -0.3 is 0 Å². The number of benzene rings is 1. The van der Waals surface area contributed by atoms with E-state index in [2.05, 4.69) is 32.7 Å². The number of carbonyl (C=O) groups excluding carboxylic acids is 1. The van der Waals surface area contributed by atoms with Gasteiger partial charge in [-0.05, 0) is 43.5 Å². The normalized spacial score (nSPS) is 17.3. The summed E-state index contributed by atoms with van der Waals surface area (Å²) in [5, 5.41) is 12.6. The molecule has 3 heterocycles. The Morgan fingerprint density at radius 2 is 2.19 bits per heavy atom. The third-order valence-electron chi connectivity index (χ3n) is 5.01. The van der Waals surface area contributed by atoms with Crippen molar-refractivity contribution in [1.82, 2.24) is 20.1 Å². The number of H-pyrrole nitrogens is 1. The zero-order valence-corrected chi connectivity index (χ0v) is 16.1. The molecule has 1 atom stereocenters. The molecule has 2 aromatic heterocycles. The molecule has 1 fully saturated rings. The molecular formula is C20H23N5OS. The number of carbonyl (C=O) groups is 1. The number of hydrogen-bond acceptors (Lipinski definition) is 5. The van der Waals surface area contributed by atoms with Crippen LogP contribution < -0.4 is 5.32 Å². The van der Waals surface area contributed by atoms with Crippen LogP contribution in [-0.4, -0.2) is 32.5 Å². The van der Waals surface area contributed by atoms with E-state index in [9.17, 15) is 4.79 Å². The van der Waals surface area contributed by atoms with Gasteiger partial charge in [0.25, 0.3) is 5.91 Å². The second-order valence-electron chi connectivity index (χ2n) is 6.82. The average molecular weight is 382 g/mol. The first-order chi connectivity index (χ1) is 13.2. The van der Waals surface area contributed by atoms with Crippen LogP contribution in [-0.2, 0) is 13.0 Å². The first-order valence-electron chi connectivity index (χ1n) is 9.30. The Kier molecular flexibility index (Phi) is 5.31. The summed E-state index contributed by atoms with van der Waals surface area (Å²) in [5.74, 6) is -0.111. The van der Waals surface area contributed by atoms with Crippen LogP contribution in [0.15, 0.2) is 42.0 Å². The van der Waals surface area contributed by atoms with Crippen molar-refractivity contribution in [3.63, 3.8) is 0 Å². The maximum atomic E-state index is 12.5. The summed E-state index contributed by atoms with van der Waals surface area (Å²) in [4.78, 5) is 19.6. The summed E-state index contributed by atoms with van der Waals surface area (Å²) in [6, 6.07) is 8.02. The van der Waals surface area contributed by atoms with Crippen LogP contribution in [0.5, 0.6) is 0 Å². The zero-order valence-electron chi connectivity index (χ0n) is 15.3. The molecule has 7 heteroatoms. The number of anilines is 1. The molecule has 1 aromatic carbocycles. The van der Waals surface area contributed by atoms with Crippen molar-refractivity contribution in [2.45, 2.75) is 38.8 Å². The van der Waals surface area contributed by atoms with Gasteiger partial charge in [0, 0.05) is 29.2 Å². The van der Waals surface area contributed by atoms with E-state index in [1.807, 2.05) is 36.7 Å². The van der Waals surface area contributed by atoms with Gasteiger partial charge in [-0.25, -0.2) is 4.98 Å². The molecule has 27 heavy (non-hydrogen) atoms. The number of aromatic nitrogens is 3. The molecule has 0 spiro atoms. The van der Waals surface area contributed by atoms with Gasteiger partial charge in [-0.15, -0.1) is 11.3 Å². The highest BCUT2D eigenvalue weighted by Crippen LogP contribution is 2.34. The largest absolute Gasteiger partial charge is 0.298 e. The maximum Gasteiger partial charge on any atom is 0.257 e. The first kappa shape index (κ1) is 17.9. The molecule has 1 aliphatic rings. The summed E-state index contributed by atoms with van der Waals surface area (Å²) in [6.45, 7) is 4.02. The number of aromatic amines is 1. The highest BCUT2D eigenvalue weighted by atomic mass is 32.1. The van der Waals surface area contributed by atoms with Crippen LogP contribution in [0.1, 0.15) is 53.0 Å². The van der Waals surface area contributed by atoms with Gasteiger partial charge in [-0.3, -0.25) is 20.1 Å². The summed E-state index contributed by atoms with van der Waals surface area (Å²) in [6.07, 6.45) is 7.02. The molecule has 1 amide bonds. The van der Waals surface area contributed by atoms with E-state index >= 15 is 0 Å². The highest BCUT2D eigenvalue weighted by Gasteiger charge is 2.28. The lowest BCUT2D eigenvalue weighted by Crippen LogP contribution is -2.22. The van der Waals surface area contributed by atoms with E-state index in [1.54, 1.807) is 0 Å². The SMILES string of the molecule is CCc1ccc(C(=O)Nc2nc([C@@H]3CCCN3Cc3cn[nH]c3)cs2)cc1. The Hall–Kier alpha value is -2.51. The Labute approximate surface area is 162 Å². The second-order valence-corrected chi connectivity index (χ2v) is 7.68. The standard InChI is InChI=1S/C20H23N5OS/c1-2-14-5-7-16(8-6-14)19(26)24-20-23-17(13-27-20)18-4-3-9-25(18)12-15-10-21-22-11-15/h5-8,10-11,13,18H,2-4,9,12H2,1H3,(H,21,22)(H,23,24,26)/t18-/m0/s1. The minimum Gasteiger partial charge on any atom is -0.298 e. The number of rotatable bonds is 6. The molecule has 140 valence electrons. The first-order valence-corrected chi connectivity index (χ1v) is 10.2. The molecule has 4 rings (SSSR count). The summed E-state index contributed by atoms with van der Waals surface area (Å²) in [5.41, 5.74) is 4.10. The van der Waals surface area contributed by atoms with Crippen molar-refractivity contribution in [3.8, 4) is 0 Å². The fraction of sp³-hybridized carbons (Fsp3) is 0.350. The molecule has 0 unspecified atom stereocenters. The van der Waals surface area contributed by atoms with Crippen molar-refractivity contribution in [2.75, 3.05) is 11.9 Å². The van der Waals surface area contributed by atoms with Gasteiger partial charge in [-0.2, -0.15) is 5.10 Å². The van der Waals surface area contributed by atoms with Crippen LogP contribution >= 0.6 is 11.3 Å². The van der Waals surface area contributed by atoms with E-state index in [1.165, 1.54) is 22.5 Å². The van der Waals surface area contributed by atoms with Gasteiger partial charge >= 0.3 is 0 Å². The average Bonchev–Trinajstić information content (AvgIpc) is 3.44. The third kappa shape index (κ3) is 4.09. The van der Waals surface area contributed by atoms with E-state index in [0.29, 0.717) is 16.7 Å². The number of aryl methyl sites for hydroxylation is 1. The van der Waals surface area contributed by atoms with E-state index in [4.69, 9.17) is 4.98 Å². The molecule has 1 saturated heterocycles. The maximum absolute atomic E-state index is 12.5. The van der Waals surface area contributed by atoms with Gasteiger partial charge in [0.15, 0.2) is 5.13 Å². The van der Waals surface area contributed by atoms with Gasteiger partial charge in [0.1, 0.15) is 0 Å². The van der Waals surface area contributed by atoms with Crippen molar-refractivity contribution < 1.29 is 4.79 Å². The predicted molar refractivity (Wildman–Crippen MR) is 107 cm³/mol. The third-order valence-corrected chi connectivity index (χ3v) is 5.79. The Balaban J connectivity index is 1.42. The summed E-state index contributed by atoms with van der Waals surface area (Å²) < 4.78 is 0. The molecule has 3 aromatic rings. The highest BCUT2D eigenvalue weighted by molar-refractivity contribution is 7.14. The van der Waals surface area contributed by atoms with E-state index < -0.39 is 0 Å². The van der Waals surface area contributed by atoms with Crippen molar-refractivity contribution in [3.05, 3.63) is 64.4 Å². The second kappa shape index (κ2) is 8.02. The van der Waals surface area contributed by atoms with Gasteiger partial charge in [0.2, 0.25) is 0 Å².